The first-order chi connectivity index (χ1) is 29.6. The first-order valence-corrected chi connectivity index (χ1v) is 23.0. The Morgan fingerprint density at radius 1 is 1.03 bits per heavy atom. The number of aromatic nitrogens is 2. The van der Waals surface area contributed by atoms with Gasteiger partial charge in [0.25, 0.3) is 5.91 Å². The number of nitrogens with one attached hydrogen (secondary N) is 2. The number of carbonyl (C=O) groups is 4. The summed E-state index contributed by atoms with van der Waals surface area (Å²) in [6, 6.07) is 7.10. The summed E-state index contributed by atoms with van der Waals surface area (Å²) in [5.74, 6) is -3.93. The van der Waals surface area contributed by atoms with Crippen molar-refractivity contribution in [3.05, 3.63) is 59.8 Å². The van der Waals surface area contributed by atoms with Crippen molar-refractivity contribution >= 4 is 56.2 Å². The van der Waals surface area contributed by atoms with Crippen molar-refractivity contribution in [2.75, 3.05) is 20.2 Å². The molecule has 0 bridgehead atoms. The van der Waals surface area contributed by atoms with Gasteiger partial charge in [0.1, 0.15) is 40.2 Å². The zero-order valence-corrected chi connectivity index (χ0v) is 35.6. The van der Waals surface area contributed by atoms with Crippen LogP contribution in [0.2, 0.25) is 5.02 Å². The number of amides is 4. The largest absolute Gasteiger partial charge is 0.495 e. The minimum atomic E-state index is -4.63. The number of sulfonamides is 1. The highest BCUT2D eigenvalue weighted by Crippen LogP contribution is 2.47. The number of hydrogen-bond donors (Lipinski definition) is 2. The maximum Gasteiger partial charge on any atom is 0.408 e. The Labute approximate surface area is 362 Å². The number of methoxy groups -OCH3 is 1. The van der Waals surface area contributed by atoms with Crippen LogP contribution in [0.4, 0.5) is 13.2 Å². The van der Waals surface area contributed by atoms with Gasteiger partial charge in [-0.25, -0.2) is 13.4 Å². The highest BCUT2D eigenvalue weighted by Gasteiger charge is 2.62. The van der Waals surface area contributed by atoms with Crippen LogP contribution < -0.4 is 19.5 Å². The number of nitrogens with zero attached hydrogens (tertiary/aromatic N) is 4. The Morgan fingerprint density at radius 3 is 2.56 bits per heavy atom. The van der Waals surface area contributed by atoms with E-state index in [-0.39, 0.29) is 50.2 Å². The standard InChI is InChI=1S/C43H48ClF3N6O8S/c1-60-33-17-16-29-34(22-31(49-38(29)37(33)44)30-12-7-8-18-48-30)61-27-21-32-39(55)50-42(41(57)51-62(58,59)28-14-15-28)23-26(42)11-6-4-2-3-5-10-25(40(56)53(32)24-27)20-36(54)52-19-9-13-35(52)43(45,46)47/h6-8,11-12,16-18,22,25-28,32,35H,2-5,9-10,13-15,19-21,23-24H2,1H3,(H,50,55)(H,51,57)/b11-6-/t25-,26-,27-,32+,35?,42-/m1/s1. The average molecular weight is 901 g/mol. The minimum Gasteiger partial charge on any atom is -0.495 e. The van der Waals surface area contributed by atoms with Gasteiger partial charge in [0.15, 0.2) is 0 Å². The van der Waals surface area contributed by atoms with E-state index in [1.54, 1.807) is 48.7 Å². The molecule has 3 aromatic rings. The van der Waals surface area contributed by atoms with Crippen LogP contribution in [0.1, 0.15) is 77.0 Å². The van der Waals surface area contributed by atoms with Gasteiger partial charge in [0.05, 0.1) is 35.8 Å². The number of halogens is 4. The first kappa shape index (κ1) is 43.7. The predicted molar refractivity (Wildman–Crippen MR) is 221 cm³/mol. The Kier molecular flexibility index (Phi) is 12.2. The Morgan fingerprint density at radius 2 is 1.84 bits per heavy atom. The third-order valence-corrected chi connectivity index (χ3v) is 14.8. The number of pyridine rings is 2. The van der Waals surface area contributed by atoms with Gasteiger partial charge >= 0.3 is 6.18 Å². The smallest absolute Gasteiger partial charge is 0.408 e. The lowest BCUT2D eigenvalue weighted by atomic mass is 9.94. The Balaban J connectivity index is 1.14. The lowest BCUT2D eigenvalue weighted by Gasteiger charge is -2.31. The second-order valence-corrected chi connectivity index (χ2v) is 19.2. The lowest BCUT2D eigenvalue weighted by molar-refractivity contribution is -0.183. The fourth-order valence-corrected chi connectivity index (χ4v) is 10.7. The molecule has 5 heterocycles. The molecule has 2 saturated carbocycles. The molecule has 14 nitrogen and oxygen atoms in total. The zero-order chi connectivity index (χ0) is 44.0. The van der Waals surface area contributed by atoms with E-state index in [1.807, 2.05) is 6.08 Å². The van der Waals surface area contributed by atoms with Crippen LogP contribution in [0.15, 0.2) is 54.7 Å². The highest BCUT2D eigenvalue weighted by atomic mass is 35.5. The summed E-state index contributed by atoms with van der Waals surface area (Å²) in [6.45, 7) is -0.249. The minimum absolute atomic E-state index is 0.0844. The van der Waals surface area contributed by atoms with Gasteiger partial charge in [0, 0.05) is 48.9 Å². The van der Waals surface area contributed by atoms with E-state index in [0.29, 0.717) is 72.3 Å². The summed E-state index contributed by atoms with van der Waals surface area (Å²) in [5.41, 5.74) is -0.365. The van der Waals surface area contributed by atoms with Gasteiger partial charge in [-0.15, -0.1) is 0 Å². The van der Waals surface area contributed by atoms with Crippen LogP contribution in [-0.2, 0) is 29.2 Å². The van der Waals surface area contributed by atoms with E-state index in [9.17, 15) is 40.8 Å². The van der Waals surface area contributed by atoms with Gasteiger partial charge < -0.3 is 24.6 Å². The van der Waals surface area contributed by atoms with Crippen LogP contribution >= 0.6 is 11.6 Å². The van der Waals surface area contributed by atoms with Crippen LogP contribution in [-0.4, -0.2) is 107 Å². The fraction of sp³-hybridized carbons (Fsp3) is 0.535. The zero-order valence-electron chi connectivity index (χ0n) is 34.0. The summed E-state index contributed by atoms with van der Waals surface area (Å²) in [7, 11) is -2.51. The van der Waals surface area contributed by atoms with Crippen molar-refractivity contribution in [1.29, 1.82) is 0 Å². The number of hydrogen-bond acceptors (Lipinski definition) is 10. The SMILES string of the molecule is COc1ccc2c(O[C@@H]3C[C@H]4C(=O)N[C@]5(C(=O)NS(=O)(=O)C6CC6)C[C@H]5/C=C\CCCCC[C@H](CC(=O)N5CCCC5C(F)(F)F)C(=O)N4C3)cc(-c3ccccn3)nc2c1Cl. The summed E-state index contributed by atoms with van der Waals surface area (Å²) in [5, 5.41) is 2.84. The second-order valence-electron chi connectivity index (χ2n) is 16.9. The fourth-order valence-electron chi connectivity index (χ4n) is 9.00. The predicted octanol–water partition coefficient (Wildman–Crippen LogP) is 5.87. The van der Waals surface area contributed by atoms with E-state index in [4.69, 9.17) is 26.1 Å². The molecule has 4 fully saturated rings. The number of fused-ring (bicyclic) bond motifs is 3. The van der Waals surface area contributed by atoms with E-state index in [2.05, 4.69) is 15.0 Å². The van der Waals surface area contributed by atoms with Crippen LogP contribution in [0.3, 0.4) is 0 Å². The Hall–Kier alpha value is -4.97. The Bertz CT molecular complexity index is 2390. The molecule has 6 atom stereocenters. The van der Waals surface area contributed by atoms with Gasteiger partial charge in [0.2, 0.25) is 27.7 Å². The van der Waals surface area contributed by atoms with Gasteiger partial charge in [-0.05, 0) is 75.6 Å². The first-order valence-electron chi connectivity index (χ1n) is 21.1. The van der Waals surface area contributed by atoms with E-state index in [0.717, 1.165) is 4.90 Å². The summed E-state index contributed by atoms with van der Waals surface area (Å²) in [6.07, 6.45) is 2.71. The summed E-state index contributed by atoms with van der Waals surface area (Å²) >= 11 is 6.77. The maximum atomic E-state index is 14.9. The van der Waals surface area contributed by atoms with Crippen molar-refractivity contribution in [2.45, 2.75) is 112 Å². The number of rotatable bonds is 9. The molecule has 3 aliphatic heterocycles. The van der Waals surface area contributed by atoms with Crippen molar-refractivity contribution in [3.63, 3.8) is 0 Å². The van der Waals surface area contributed by atoms with Crippen LogP contribution in [0, 0.1) is 11.8 Å². The van der Waals surface area contributed by atoms with Crippen LogP contribution in [0.5, 0.6) is 11.5 Å². The molecule has 62 heavy (non-hydrogen) atoms. The number of benzene rings is 1. The van der Waals surface area contributed by atoms with Crippen LogP contribution in [0.25, 0.3) is 22.3 Å². The molecule has 2 N–H and O–H groups in total. The molecule has 4 amide bonds. The maximum absolute atomic E-state index is 14.9. The average Bonchev–Trinajstić information content (AvgIpc) is 4.11. The molecule has 1 unspecified atom stereocenters. The molecule has 2 aliphatic carbocycles. The molecule has 19 heteroatoms. The number of alkyl halides is 3. The van der Waals surface area contributed by atoms with Crippen molar-refractivity contribution < 1.29 is 50.2 Å². The van der Waals surface area contributed by atoms with Crippen molar-refractivity contribution in [2.24, 2.45) is 11.8 Å². The quantitative estimate of drug-likeness (QED) is 0.247. The summed E-state index contributed by atoms with van der Waals surface area (Å²) in [4.78, 5) is 68.3. The van der Waals surface area contributed by atoms with E-state index >= 15 is 0 Å². The summed E-state index contributed by atoms with van der Waals surface area (Å²) < 4.78 is 82.2. The second kappa shape index (κ2) is 17.3. The third-order valence-electron chi connectivity index (χ3n) is 12.6. The number of likely N-dealkylation sites (tertiary alicyclic amines) is 1. The van der Waals surface area contributed by atoms with Gasteiger partial charge in [-0.2, -0.15) is 13.2 Å². The molecule has 8 rings (SSSR count). The molecular weight excluding hydrogens is 853 g/mol. The molecular formula is C43H48ClF3N6O8S. The number of allylic oxidation sites excluding steroid dienone is 1. The lowest BCUT2D eigenvalue weighted by Crippen LogP contribution is -2.57. The van der Waals surface area contributed by atoms with E-state index < -0.39 is 87.1 Å². The third kappa shape index (κ3) is 8.94. The molecule has 0 radical (unpaired) electrons. The molecule has 2 saturated heterocycles. The van der Waals surface area contributed by atoms with E-state index in [1.165, 1.54) is 12.0 Å². The molecule has 1 aromatic carbocycles. The van der Waals surface area contributed by atoms with Crippen molar-refractivity contribution in [1.82, 2.24) is 29.8 Å². The van der Waals surface area contributed by atoms with Crippen molar-refractivity contribution in [3.8, 4) is 22.9 Å². The number of carbonyl (C=O) groups excluding carboxylic acids is 4. The normalized spacial score (nSPS) is 27.7. The molecule has 5 aliphatic rings. The number of ether oxygens (including phenoxy) is 2. The molecule has 332 valence electrons. The topological polar surface area (TPSA) is 177 Å². The molecule has 0 spiro atoms. The van der Waals surface area contributed by atoms with Gasteiger partial charge in [-0.1, -0.05) is 42.7 Å². The highest BCUT2D eigenvalue weighted by molar-refractivity contribution is 7.91. The van der Waals surface area contributed by atoms with Gasteiger partial charge in [-0.3, -0.25) is 28.9 Å². The monoisotopic (exact) mass is 900 g/mol. The molecule has 2 aromatic heterocycles.